The van der Waals surface area contributed by atoms with E-state index in [-0.39, 0.29) is 24.4 Å². The first-order valence-corrected chi connectivity index (χ1v) is 10.2. The molecule has 130 valence electrons. The van der Waals surface area contributed by atoms with Crippen LogP contribution in [-0.4, -0.2) is 52.1 Å². The van der Waals surface area contributed by atoms with Gasteiger partial charge < -0.3 is 18.9 Å². The summed E-state index contributed by atoms with van der Waals surface area (Å²) in [4.78, 5) is 0. The van der Waals surface area contributed by atoms with E-state index in [0.29, 0.717) is 4.58 Å². The summed E-state index contributed by atoms with van der Waals surface area (Å²) in [5.74, 6) is 0.901. The monoisotopic (exact) mass is 350 g/mol. The molecule has 2 aliphatic heterocycles. The Morgan fingerprint density at radius 3 is 1.86 bits per heavy atom. The zero-order valence-corrected chi connectivity index (χ0v) is 16.4. The van der Waals surface area contributed by atoms with E-state index in [1.807, 2.05) is 51.2 Å². The molecule has 6 heteroatoms. The minimum atomic E-state index is -0.616. The predicted octanol–water partition coefficient (Wildman–Crippen LogP) is 3.88. The van der Waals surface area contributed by atoms with Crippen molar-refractivity contribution in [2.24, 2.45) is 0 Å². The normalized spacial score (nSPS) is 37.1. The molecule has 0 aromatic heterocycles. The Morgan fingerprint density at radius 1 is 0.818 bits per heavy atom. The number of rotatable bonds is 5. The van der Waals surface area contributed by atoms with Crippen molar-refractivity contribution in [1.82, 2.24) is 0 Å². The van der Waals surface area contributed by atoms with Crippen LogP contribution in [0.1, 0.15) is 48.5 Å². The van der Waals surface area contributed by atoms with Crippen molar-refractivity contribution < 1.29 is 18.9 Å². The number of ether oxygens (including phenoxy) is 4. The predicted molar refractivity (Wildman–Crippen MR) is 93.4 cm³/mol. The zero-order valence-electron chi connectivity index (χ0n) is 14.8. The Morgan fingerprint density at radius 2 is 1.32 bits per heavy atom. The van der Waals surface area contributed by atoms with Gasteiger partial charge in [0.2, 0.25) is 0 Å². The molecular weight excluding hydrogens is 320 g/mol. The van der Waals surface area contributed by atoms with Crippen molar-refractivity contribution in [2.75, 3.05) is 11.5 Å². The van der Waals surface area contributed by atoms with Crippen molar-refractivity contribution in [3.05, 3.63) is 0 Å². The zero-order chi connectivity index (χ0) is 16.5. The first-order valence-electron chi connectivity index (χ1n) is 8.13. The molecule has 22 heavy (non-hydrogen) atoms. The van der Waals surface area contributed by atoms with E-state index < -0.39 is 11.6 Å². The highest BCUT2D eigenvalue weighted by atomic mass is 32.2. The Hall–Kier alpha value is 0.540. The van der Waals surface area contributed by atoms with Gasteiger partial charge in [-0.25, -0.2) is 0 Å². The minimum absolute atomic E-state index is 0.00530. The van der Waals surface area contributed by atoms with Crippen LogP contribution in [0.3, 0.4) is 0 Å². The number of fused-ring (bicyclic) bond motifs is 1. The molecule has 0 saturated carbocycles. The van der Waals surface area contributed by atoms with Crippen LogP contribution >= 0.6 is 23.5 Å². The second-order valence-electron chi connectivity index (χ2n) is 6.65. The van der Waals surface area contributed by atoms with Gasteiger partial charge in [-0.2, -0.15) is 0 Å². The first-order chi connectivity index (χ1) is 10.2. The Labute approximate surface area is 143 Å². The summed E-state index contributed by atoms with van der Waals surface area (Å²) in [5, 5.41) is 0. The van der Waals surface area contributed by atoms with Crippen molar-refractivity contribution in [1.29, 1.82) is 0 Å². The Kier molecular flexibility index (Phi) is 6.17. The largest absolute Gasteiger partial charge is 0.345 e. The lowest BCUT2D eigenvalue weighted by Crippen LogP contribution is -2.66. The molecular formula is C16H30O4S2. The fraction of sp³-hybridized carbons (Fsp3) is 1.00. The quantitative estimate of drug-likeness (QED) is 0.701. The van der Waals surface area contributed by atoms with Crippen LogP contribution in [0.25, 0.3) is 0 Å². The summed E-state index contributed by atoms with van der Waals surface area (Å²) in [6.45, 7) is 14.3. The van der Waals surface area contributed by atoms with Crippen LogP contribution in [0.5, 0.6) is 0 Å². The molecule has 0 aliphatic carbocycles. The summed E-state index contributed by atoms with van der Waals surface area (Å²) in [6.07, 6.45) is -0.221. The molecule has 4 atom stereocenters. The molecule has 0 N–H and O–H groups in total. The van der Waals surface area contributed by atoms with Crippen molar-refractivity contribution in [3.8, 4) is 0 Å². The third-order valence-corrected chi connectivity index (χ3v) is 6.45. The molecule has 2 rings (SSSR count). The molecule has 0 radical (unpaired) electrons. The second kappa shape index (κ2) is 7.19. The van der Waals surface area contributed by atoms with Gasteiger partial charge in [-0.1, -0.05) is 13.8 Å². The van der Waals surface area contributed by atoms with Gasteiger partial charge in [0.1, 0.15) is 18.3 Å². The molecule has 0 aromatic carbocycles. The highest BCUT2D eigenvalue weighted by Crippen LogP contribution is 2.43. The van der Waals surface area contributed by atoms with Crippen molar-refractivity contribution in [2.45, 2.75) is 89.0 Å². The molecule has 0 aromatic rings. The van der Waals surface area contributed by atoms with Crippen molar-refractivity contribution >= 4 is 23.5 Å². The van der Waals surface area contributed by atoms with Crippen LogP contribution in [0.4, 0.5) is 0 Å². The van der Waals surface area contributed by atoms with Gasteiger partial charge in [0.25, 0.3) is 0 Å². The van der Waals surface area contributed by atoms with Crippen LogP contribution in [-0.2, 0) is 18.9 Å². The average Bonchev–Trinajstić information content (AvgIpc) is 2.38. The SMILES string of the molecule is CCSC(SCC)[C@@H]1OC(C)(C)O[C@H]2[C@@H]1OC(C)(C)O[C@@H]2C. The molecule has 2 fully saturated rings. The van der Waals surface area contributed by atoms with Gasteiger partial charge in [0.05, 0.1) is 10.7 Å². The Bertz CT molecular complexity index is 369. The highest BCUT2D eigenvalue weighted by Gasteiger charge is 2.54. The third kappa shape index (κ3) is 4.33. The standard InChI is InChI=1S/C16H30O4S2/c1-8-21-14(22-9-2)13-12-11(18-16(6,7)20-13)10(3)17-15(4,5)19-12/h10-14H,8-9H2,1-7H3/t10-,11-,12+,13-/m1/s1. The van der Waals surface area contributed by atoms with Crippen LogP contribution in [0, 0.1) is 0 Å². The van der Waals surface area contributed by atoms with Gasteiger partial charge in [-0.3, -0.25) is 0 Å². The molecule has 0 unspecified atom stereocenters. The van der Waals surface area contributed by atoms with E-state index >= 15 is 0 Å². The van der Waals surface area contributed by atoms with E-state index in [0.717, 1.165) is 11.5 Å². The van der Waals surface area contributed by atoms with Crippen LogP contribution in [0.15, 0.2) is 0 Å². The van der Waals surface area contributed by atoms with E-state index in [4.69, 9.17) is 18.9 Å². The fourth-order valence-corrected chi connectivity index (χ4v) is 5.81. The lowest BCUT2D eigenvalue weighted by atomic mass is 9.99. The maximum atomic E-state index is 6.31. The highest BCUT2D eigenvalue weighted by molar-refractivity contribution is 8.17. The summed E-state index contributed by atoms with van der Waals surface area (Å²) in [5.41, 5.74) is 0. The molecule has 0 amide bonds. The lowest BCUT2D eigenvalue weighted by molar-refractivity contribution is -0.419. The topological polar surface area (TPSA) is 36.9 Å². The Balaban J connectivity index is 2.27. The minimum Gasteiger partial charge on any atom is -0.345 e. The smallest absolute Gasteiger partial charge is 0.163 e. The number of hydrogen-bond acceptors (Lipinski definition) is 6. The van der Waals surface area contributed by atoms with E-state index in [1.54, 1.807) is 0 Å². The van der Waals surface area contributed by atoms with E-state index in [2.05, 4.69) is 20.8 Å². The number of thioether (sulfide) groups is 2. The molecule has 0 spiro atoms. The summed E-state index contributed by atoms with van der Waals surface area (Å²) < 4.78 is 25.0. The summed E-state index contributed by atoms with van der Waals surface area (Å²) in [6, 6.07) is 0. The van der Waals surface area contributed by atoms with Gasteiger partial charge in [0.15, 0.2) is 11.6 Å². The fourth-order valence-electron chi connectivity index (χ4n) is 3.15. The maximum absolute atomic E-state index is 6.31. The van der Waals surface area contributed by atoms with E-state index in [9.17, 15) is 0 Å². The van der Waals surface area contributed by atoms with Crippen LogP contribution < -0.4 is 0 Å². The molecule has 4 nitrogen and oxygen atoms in total. The van der Waals surface area contributed by atoms with Gasteiger partial charge in [-0.05, 0) is 46.1 Å². The first kappa shape index (κ1) is 18.9. The van der Waals surface area contributed by atoms with Gasteiger partial charge >= 0.3 is 0 Å². The maximum Gasteiger partial charge on any atom is 0.163 e. The van der Waals surface area contributed by atoms with Crippen molar-refractivity contribution in [3.63, 3.8) is 0 Å². The van der Waals surface area contributed by atoms with E-state index in [1.165, 1.54) is 0 Å². The lowest BCUT2D eigenvalue weighted by Gasteiger charge is -2.54. The molecule has 0 bridgehead atoms. The summed E-state index contributed by atoms with van der Waals surface area (Å²) in [7, 11) is 0. The number of hydrogen-bond donors (Lipinski definition) is 0. The molecule has 2 aliphatic rings. The average molecular weight is 351 g/mol. The molecule has 2 saturated heterocycles. The second-order valence-corrected chi connectivity index (χ2v) is 9.78. The molecule has 2 heterocycles. The third-order valence-electron chi connectivity index (χ3n) is 3.77. The van der Waals surface area contributed by atoms with Gasteiger partial charge in [0, 0.05) is 0 Å². The summed E-state index contributed by atoms with van der Waals surface area (Å²) >= 11 is 3.85. The van der Waals surface area contributed by atoms with Gasteiger partial charge in [-0.15, -0.1) is 23.5 Å². The van der Waals surface area contributed by atoms with Crippen LogP contribution in [0.2, 0.25) is 0 Å².